The summed E-state index contributed by atoms with van der Waals surface area (Å²) in [4.78, 5) is 14.0. The summed E-state index contributed by atoms with van der Waals surface area (Å²) >= 11 is 0. The summed E-state index contributed by atoms with van der Waals surface area (Å²) in [6, 6.07) is 6.02. The molecule has 0 spiro atoms. The van der Waals surface area contributed by atoms with Gasteiger partial charge in [0, 0.05) is 17.1 Å². The number of para-hydroxylation sites is 1. The van der Waals surface area contributed by atoms with E-state index in [-0.39, 0.29) is 6.42 Å². The van der Waals surface area contributed by atoms with Crippen LogP contribution >= 0.6 is 0 Å². The van der Waals surface area contributed by atoms with Gasteiger partial charge in [0.15, 0.2) is 0 Å². The van der Waals surface area contributed by atoms with Gasteiger partial charge in [0.1, 0.15) is 0 Å². The van der Waals surface area contributed by atoms with Gasteiger partial charge in [-0.15, -0.1) is 0 Å². The number of carboxylic acid groups (broad SMARTS) is 1. The lowest BCUT2D eigenvalue weighted by Crippen LogP contribution is -1.98. The third kappa shape index (κ3) is 2.62. The fourth-order valence-corrected chi connectivity index (χ4v) is 2.07. The number of benzene rings is 1. The van der Waals surface area contributed by atoms with E-state index < -0.39 is 5.97 Å². The van der Waals surface area contributed by atoms with Crippen LogP contribution in [0.2, 0.25) is 0 Å². The number of rotatable bonds is 4. The molecule has 0 saturated carbocycles. The molecule has 0 amide bonds. The molecule has 1 aromatic carbocycles. The highest BCUT2D eigenvalue weighted by Crippen LogP contribution is 2.23. The zero-order valence-corrected chi connectivity index (χ0v) is 10.7. The monoisotopic (exact) mass is 243 g/mol. The van der Waals surface area contributed by atoms with Crippen molar-refractivity contribution >= 4 is 16.9 Å². The molecule has 2 rings (SSSR count). The van der Waals surface area contributed by atoms with Crippen molar-refractivity contribution in [2.45, 2.75) is 26.7 Å². The SMILES string of the molecule is CC(C)=CCc1cccc2c(CC(=O)O)c[nH]c12. The lowest BCUT2D eigenvalue weighted by molar-refractivity contribution is -0.136. The summed E-state index contributed by atoms with van der Waals surface area (Å²) in [7, 11) is 0. The van der Waals surface area contributed by atoms with Crippen LogP contribution in [0.25, 0.3) is 10.9 Å². The Morgan fingerprint density at radius 3 is 2.78 bits per heavy atom. The maximum atomic E-state index is 10.8. The summed E-state index contributed by atoms with van der Waals surface area (Å²) in [5.41, 5.74) is 4.37. The quantitative estimate of drug-likeness (QED) is 0.809. The summed E-state index contributed by atoms with van der Waals surface area (Å²) in [5, 5.41) is 9.88. The Kier molecular flexibility index (Phi) is 3.51. The molecular weight excluding hydrogens is 226 g/mol. The van der Waals surface area contributed by atoms with Gasteiger partial charge in [0.25, 0.3) is 0 Å². The average Bonchev–Trinajstić information content (AvgIpc) is 2.69. The van der Waals surface area contributed by atoms with Gasteiger partial charge in [-0.1, -0.05) is 29.8 Å². The minimum atomic E-state index is -0.800. The van der Waals surface area contributed by atoms with Gasteiger partial charge in [-0.2, -0.15) is 0 Å². The highest BCUT2D eigenvalue weighted by molar-refractivity contribution is 5.89. The molecular formula is C15H17NO2. The van der Waals surface area contributed by atoms with E-state index in [2.05, 4.69) is 31.0 Å². The second-order valence-corrected chi connectivity index (χ2v) is 4.71. The van der Waals surface area contributed by atoms with E-state index in [1.54, 1.807) is 6.20 Å². The van der Waals surface area contributed by atoms with E-state index in [0.717, 1.165) is 22.9 Å². The standard InChI is InChI=1S/C15H17NO2/c1-10(2)6-7-11-4-3-5-13-12(8-14(17)18)9-16-15(11)13/h3-6,9,16H,7-8H2,1-2H3,(H,17,18). The van der Waals surface area contributed by atoms with Gasteiger partial charge < -0.3 is 10.1 Å². The molecule has 0 aliphatic heterocycles. The number of carboxylic acids is 1. The van der Waals surface area contributed by atoms with E-state index in [1.807, 2.05) is 12.1 Å². The van der Waals surface area contributed by atoms with Gasteiger partial charge in [-0.25, -0.2) is 0 Å². The molecule has 1 aromatic heterocycles. The Labute approximate surface area is 106 Å². The molecule has 0 atom stereocenters. The van der Waals surface area contributed by atoms with E-state index in [1.165, 1.54) is 11.1 Å². The van der Waals surface area contributed by atoms with Crippen LogP contribution in [0, 0.1) is 0 Å². The summed E-state index contributed by atoms with van der Waals surface area (Å²) in [6.45, 7) is 4.15. The predicted molar refractivity (Wildman–Crippen MR) is 72.8 cm³/mol. The number of aromatic amines is 1. The minimum Gasteiger partial charge on any atom is -0.481 e. The van der Waals surface area contributed by atoms with Gasteiger partial charge in [0.05, 0.1) is 6.42 Å². The Morgan fingerprint density at radius 1 is 1.33 bits per heavy atom. The van der Waals surface area contributed by atoms with E-state index >= 15 is 0 Å². The molecule has 0 fully saturated rings. The van der Waals surface area contributed by atoms with Crippen molar-refractivity contribution in [3.05, 3.63) is 47.2 Å². The maximum Gasteiger partial charge on any atom is 0.307 e. The van der Waals surface area contributed by atoms with Crippen molar-refractivity contribution < 1.29 is 9.90 Å². The number of aromatic nitrogens is 1. The molecule has 18 heavy (non-hydrogen) atoms. The molecule has 3 heteroatoms. The van der Waals surface area contributed by atoms with Crippen molar-refractivity contribution in [1.29, 1.82) is 0 Å². The second-order valence-electron chi connectivity index (χ2n) is 4.71. The fraction of sp³-hybridized carbons (Fsp3) is 0.267. The Hall–Kier alpha value is -2.03. The number of carbonyl (C=O) groups is 1. The molecule has 0 aliphatic rings. The zero-order chi connectivity index (χ0) is 13.1. The largest absolute Gasteiger partial charge is 0.481 e. The predicted octanol–water partition coefficient (Wildman–Crippen LogP) is 3.30. The number of allylic oxidation sites excluding steroid dienone is 2. The number of aliphatic carboxylic acids is 1. The van der Waals surface area contributed by atoms with Gasteiger partial charge in [0.2, 0.25) is 0 Å². The lowest BCUT2D eigenvalue weighted by atomic mass is 10.0. The molecule has 0 saturated heterocycles. The first-order valence-electron chi connectivity index (χ1n) is 6.01. The third-order valence-corrected chi connectivity index (χ3v) is 2.96. The van der Waals surface area contributed by atoms with Crippen molar-refractivity contribution in [2.24, 2.45) is 0 Å². The molecule has 0 aliphatic carbocycles. The summed E-state index contributed by atoms with van der Waals surface area (Å²) in [6.07, 6.45) is 4.90. The van der Waals surface area contributed by atoms with E-state index in [0.29, 0.717) is 0 Å². The number of H-pyrrole nitrogens is 1. The van der Waals surface area contributed by atoms with Crippen LogP contribution in [0.3, 0.4) is 0 Å². The normalized spacial score (nSPS) is 10.6. The highest BCUT2D eigenvalue weighted by atomic mass is 16.4. The third-order valence-electron chi connectivity index (χ3n) is 2.96. The van der Waals surface area contributed by atoms with E-state index in [9.17, 15) is 4.79 Å². The maximum absolute atomic E-state index is 10.8. The van der Waals surface area contributed by atoms with Crippen LogP contribution in [0.15, 0.2) is 36.0 Å². The molecule has 94 valence electrons. The van der Waals surface area contributed by atoms with Crippen molar-refractivity contribution in [2.75, 3.05) is 0 Å². The first-order valence-corrected chi connectivity index (χ1v) is 6.01. The molecule has 0 radical (unpaired) electrons. The molecule has 3 nitrogen and oxygen atoms in total. The zero-order valence-electron chi connectivity index (χ0n) is 10.7. The molecule has 0 bridgehead atoms. The van der Waals surface area contributed by atoms with Crippen LogP contribution in [-0.2, 0) is 17.6 Å². The molecule has 2 N–H and O–H groups in total. The van der Waals surface area contributed by atoms with Crippen LogP contribution in [0.4, 0.5) is 0 Å². The highest BCUT2D eigenvalue weighted by Gasteiger charge is 2.09. The van der Waals surface area contributed by atoms with Crippen molar-refractivity contribution in [1.82, 2.24) is 4.98 Å². The van der Waals surface area contributed by atoms with Gasteiger partial charge in [-0.05, 0) is 31.4 Å². The lowest BCUT2D eigenvalue weighted by Gasteiger charge is -2.01. The summed E-state index contributed by atoms with van der Waals surface area (Å²) in [5.74, 6) is -0.800. The van der Waals surface area contributed by atoms with Gasteiger partial charge >= 0.3 is 5.97 Å². The first-order chi connectivity index (χ1) is 8.58. The fourth-order valence-electron chi connectivity index (χ4n) is 2.07. The number of hydrogen-bond donors (Lipinski definition) is 2. The minimum absolute atomic E-state index is 0.0616. The second kappa shape index (κ2) is 5.08. The van der Waals surface area contributed by atoms with E-state index in [4.69, 9.17) is 5.11 Å². The van der Waals surface area contributed by atoms with Gasteiger partial charge in [-0.3, -0.25) is 4.79 Å². The average molecular weight is 243 g/mol. The Morgan fingerprint density at radius 2 is 2.11 bits per heavy atom. The first kappa shape index (κ1) is 12.4. The van der Waals surface area contributed by atoms with Crippen LogP contribution in [0.5, 0.6) is 0 Å². The van der Waals surface area contributed by atoms with Crippen molar-refractivity contribution in [3.8, 4) is 0 Å². The van der Waals surface area contributed by atoms with Crippen LogP contribution < -0.4 is 0 Å². The topological polar surface area (TPSA) is 53.1 Å². The molecule has 2 aromatic rings. The smallest absolute Gasteiger partial charge is 0.307 e. The van der Waals surface area contributed by atoms with Crippen LogP contribution in [0.1, 0.15) is 25.0 Å². The number of hydrogen-bond acceptors (Lipinski definition) is 1. The molecule has 0 unspecified atom stereocenters. The van der Waals surface area contributed by atoms with Crippen molar-refractivity contribution in [3.63, 3.8) is 0 Å². The number of nitrogens with one attached hydrogen (secondary N) is 1. The summed E-state index contributed by atoms with van der Waals surface area (Å²) < 4.78 is 0. The molecule has 1 heterocycles. The number of fused-ring (bicyclic) bond motifs is 1. The van der Waals surface area contributed by atoms with Crippen LogP contribution in [-0.4, -0.2) is 16.1 Å². The Bertz CT molecular complexity index is 604. The Balaban J connectivity index is 2.42.